The Morgan fingerprint density at radius 3 is 2.75 bits per heavy atom. The minimum Gasteiger partial charge on any atom is -0.495 e. The second kappa shape index (κ2) is 5.64. The highest BCUT2D eigenvalue weighted by Crippen LogP contribution is 2.32. The number of anilines is 1. The lowest BCUT2D eigenvalue weighted by Gasteiger charge is -2.12. The van der Waals surface area contributed by atoms with Crippen LogP contribution in [0.25, 0.3) is 10.9 Å². The average Bonchev–Trinajstić information content (AvgIpc) is 2.45. The summed E-state index contributed by atoms with van der Waals surface area (Å²) < 4.78 is 29.5. The third-order valence-corrected chi connectivity index (χ3v) is 4.70. The topological polar surface area (TPSA) is 88.5 Å². The molecular formula is C13H16N2O4S. The molecule has 0 aliphatic carbocycles. The average molecular weight is 296 g/mol. The summed E-state index contributed by atoms with van der Waals surface area (Å²) in [6.07, 6.45) is 1.63. The predicted octanol–water partition coefficient (Wildman–Crippen LogP) is 1.05. The number of ether oxygens (including phenoxy) is 1. The van der Waals surface area contributed by atoms with Gasteiger partial charge in [0.05, 0.1) is 25.0 Å². The van der Waals surface area contributed by atoms with Gasteiger partial charge in [0, 0.05) is 30.4 Å². The number of rotatable bonds is 5. The first-order valence-corrected chi connectivity index (χ1v) is 7.67. The normalized spacial score (nSPS) is 11.6. The molecule has 1 aromatic carbocycles. The van der Waals surface area contributed by atoms with E-state index in [9.17, 15) is 8.42 Å². The molecule has 108 valence electrons. The number of aliphatic hydroxyl groups excluding tert-OH is 1. The van der Waals surface area contributed by atoms with Crippen molar-refractivity contribution >= 4 is 26.4 Å². The van der Waals surface area contributed by atoms with E-state index >= 15 is 0 Å². The molecule has 0 unspecified atom stereocenters. The molecule has 0 radical (unpaired) electrons. The van der Waals surface area contributed by atoms with Gasteiger partial charge in [-0.3, -0.25) is 4.98 Å². The quantitative estimate of drug-likeness (QED) is 0.857. The van der Waals surface area contributed by atoms with Gasteiger partial charge in [-0.2, -0.15) is 0 Å². The summed E-state index contributed by atoms with van der Waals surface area (Å²) in [7, 11) is -0.445. The minimum atomic E-state index is -3.60. The fraction of sp³-hybridized carbons (Fsp3) is 0.308. The van der Waals surface area contributed by atoms with Crippen LogP contribution in [0.4, 0.5) is 5.69 Å². The first-order valence-electron chi connectivity index (χ1n) is 6.01. The van der Waals surface area contributed by atoms with Crippen molar-refractivity contribution in [3.63, 3.8) is 0 Å². The monoisotopic (exact) mass is 296 g/mol. The number of hydrogen-bond donors (Lipinski definition) is 2. The Morgan fingerprint density at radius 2 is 2.15 bits per heavy atom. The van der Waals surface area contributed by atoms with E-state index in [-0.39, 0.29) is 16.4 Å². The molecule has 0 saturated heterocycles. The van der Waals surface area contributed by atoms with Crippen molar-refractivity contribution in [2.24, 2.45) is 0 Å². The molecule has 0 saturated carbocycles. The first kappa shape index (κ1) is 14.5. The van der Waals surface area contributed by atoms with E-state index in [1.807, 2.05) is 0 Å². The van der Waals surface area contributed by atoms with E-state index in [1.165, 1.54) is 13.2 Å². The van der Waals surface area contributed by atoms with Gasteiger partial charge < -0.3 is 15.2 Å². The van der Waals surface area contributed by atoms with Crippen LogP contribution in [0, 0.1) is 0 Å². The van der Waals surface area contributed by atoms with E-state index in [1.54, 1.807) is 25.4 Å². The number of pyridine rings is 1. The number of aromatic nitrogens is 1. The minimum absolute atomic E-state index is 0.0612. The lowest BCUT2D eigenvalue weighted by atomic mass is 10.2. The molecule has 2 N–H and O–H groups in total. The molecule has 7 heteroatoms. The van der Waals surface area contributed by atoms with Crippen LogP contribution in [0.2, 0.25) is 0 Å². The van der Waals surface area contributed by atoms with Gasteiger partial charge in [0.25, 0.3) is 0 Å². The summed E-state index contributed by atoms with van der Waals surface area (Å²) in [5.74, 6) is -0.115. The Labute approximate surface area is 117 Å². The van der Waals surface area contributed by atoms with Gasteiger partial charge in [0.2, 0.25) is 0 Å². The third kappa shape index (κ3) is 2.54. The number of nitrogens with one attached hydrogen (secondary N) is 1. The Bertz CT molecular complexity index is 728. The largest absolute Gasteiger partial charge is 0.495 e. The van der Waals surface area contributed by atoms with Crippen LogP contribution in [0.5, 0.6) is 5.75 Å². The maximum absolute atomic E-state index is 12.2. The van der Waals surface area contributed by atoms with Gasteiger partial charge in [-0.25, -0.2) is 8.42 Å². The predicted molar refractivity (Wildman–Crippen MR) is 77.0 cm³/mol. The molecule has 1 aromatic heterocycles. The lowest BCUT2D eigenvalue weighted by Crippen LogP contribution is -2.11. The summed E-state index contributed by atoms with van der Waals surface area (Å²) in [6, 6.07) is 4.87. The number of benzene rings is 1. The van der Waals surface area contributed by atoms with Crippen LogP contribution in [-0.2, 0) is 9.84 Å². The van der Waals surface area contributed by atoms with Gasteiger partial charge in [-0.1, -0.05) is 0 Å². The van der Waals surface area contributed by atoms with Crippen molar-refractivity contribution in [2.75, 3.05) is 31.8 Å². The molecule has 6 nitrogen and oxygen atoms in total. The van der Waals surface area contributed by atoms with Crippen LogP contribution < -0.4 is 10.1 Å². The standard InChI is InChI=1S/C13H16N2O4S/c1-14-10-3-4-15-11-8-12(19-2)13(7-9(10)11)20(17,18)6-5-16/h3-4,7-8,16H,5-6H2,1-2H3,(H,14,15). The van der Waals surface area contributed by atoms with Gasteiger partial charge in [-0.05, 0) is 12.1 Å². The highest BCUT2D eigenvalue weighted by Gasteiger charge is 2.21. The number of aliphatic hydroxyl groups is 1. The molecule has 0 spiro atoms. The zero-order valence-electron chi connectivity index (χ0n) is 11.3. The van der Waals surface area contributed by atoms with Crippen LogP contribution in [0.1, 0.15) is 0 Å². The molecule has 2 rings (SSSR count). The Morgan fingerprint density at radius 1 is 1.40 bits per heavy atom. The molecule has 0 atom stereocenters. The highest BCUT2D eigenvalue weighted by molar-refractivity contribution is 7.91. The fourth-order valence-corrected chi connectivity index (χ4v) is 3.21. The van der Waals surface area contributed by atoms with E-state index in [0.717, 1.165) is 5.69 Å². The summed E-state index contributed by atoms with van der Waals surface area (Å²) >= 11 is 0. The fourth-order valence-electron chi connectivity index (χ4n) is 2.00. The first-order chi connectivity index (χ1) is 9.53. The van der Waals surface area contributed by atoms with Gasteiger partial charge in [0.1, 0.15) is 10.6 Å². The molecule has 1 heterocycles. The Balaban J connectivity index is 2.76. The summed E-state index contributed by atoms with van der Waals surface area (Å²) in [5.41, 5.74) is 1.41. The van der Waals surface area contributed by atoms with Gasteiger partial charge in [-0.15, -0.1) is 0 Å². The molecular weight excluding hydrogens is 280 g/mol. The van der Waals surface area contributed by atoms with Crippen molar-refractivity contribution in [3.8, 4) is 5.75 Å². The maximum atomic E-state index is 12.2. The van der Waals surface area contributed by atoms with Crippen molar-refractivity contribution in [2.45, 2.75) is 4.90 Å². The summed E-state index contributed by atoms with van der Waals surface area (Å²) in [4.78, 5) is 4.26. The SMILES string of the molecule is CNc1ccnc2cc(OC)c(S(=O)(=O)CCO)cc12. The van der Waals surface area contributed by atoms with E-state index < -0.39 is 16.4 Å². The third-order valence-electron chi connectivity index (χ3n) is 2.99. The zero-order chi connectivity index (χ0) is 14.8. The molecule has 0 aliphatic rings. The molecule has 0 fully saturated rings. The second-order valence-electron chi connectivity index (χ2n) is 4.17. The van der Waals surface area contributed by atoms with Crippen molar-refractivity contribution < 1.29 is 18.3 Å². The van der Waals surface area contributed by atoms with Crippen molar-refractivity contribution in [1.29, 1.82) is 0 Å². The molecule has 20 heavy (non-hydrogen) atoms. The van der Waals surface area contributed by atoms with E-state index in [2.05, 4.69) is 10.3 Å². The maximum Gasteiger partial charge on any atom is 0.184 e. The van der Waals surface area contributed by atoms with Gasteiger partial charge >= 0.3 is 0 Å². The number of fused-ring (bicyclic) bond motifs is 1. The van der Waals surface area contributed by atoms with Crippen molar-refractivity contribution in [3.05, 3.63) is 24.4 Å². The van der Waals surface area contributed by atoms with Crippen LogP contribution in [0.15, 0.2) is 29.3 Å². The summed E-state index contributed by atoms with van der Waals surface area (Å²) in [6.45, 7) is -0.435. The number of methoxy groups -OCH3 is 1. The van der Waals surface area contributed by atoms with Crippen LogP contribution in [0.3, 0.4) is 0 Å². The molecule has 0 aliphatic heterocycles. The number of sulfone groups is 1. The van der Waals surface area contributed by atoms with E-state index in [0.29, 0.717) is 10.9 Å². The van der Waals surface area contributed by atoms with Crippen LogP contribution in [-0.4, -0.2) is 45.0 Å². The van der Waals surface area contributed by atoms with Gasteiger partial charge in [0.15, 0.2) is 9.84 Å². The zero-order valence-corrected chi connectivity index (χ0v) is 12.1. The number of hydrogen-bond acceptors (Lipinski definition) is 6. The van der Waals surface area contributed by atoms with E-state index in [4.69, 9.17) is 9.84 Å². The Hall–Kier alpha value is -1.86. The molecule has 0 bridgehead atoms. The molecule has 2 aromatic rings. The molecule has 0 amide bonds. The van der Waals surface area contributed by atoms with Crippen molar-refractivity contribution in [1.82, 2.24) is 4.98 Å². The van der Waals surface area contributed by atoms with Crippen LogP contribution >= 0.6 is 0 Å². The number of nitrogens with zero attached hydrogens (tertiary/aromatic N) is 1. The summed E-state index contributed by atoms with van der Waals surface area (Å²) in [5, 5.41) is 12.6. The smallest absolute Gasteiger partial charge is 0.184 e. The lowest BCUT2D eigenvalue weighted by molar-refractivity contribution is 0.319. The highest BCUT2D eigenvalue weighted by atomic mass is 32.2. The Kier molecular flexibility index (Phi) is 4.10. The second-order valence-corrected chi connectivity index (χ2v) is 6.25.